The Bertz CT molecular complexity index is 621. The second-order valence-electron chi connectivity index (χ2n) is 6.57. The van der Waals surface area contributed by atoms with Gasteiger partial charge in [-0.05, 0) is 32.9 Å². The van der Waals surface area contributed by atoms with Crippen LogP contribution in [0.5, 0.6) is 0 Å². The van der Waals surface area contributed by atoms with Gasteiger partial charge in [0.1, 0.15) is 5.60 Å². The molecular formula is C16H18N2O4. The fourth-order valence-electron chi connectivity index (χ4n) is 2.63. The lowest BCUT2D eigenvalue weighted by Gasteiger charge is -2.42. The normalized spacial score (nSPS) is 18.3. The summed E-state index contributed by atoms with van der Waals surface area (Å²) in [5.41, 5.74) is 0.309. The predicted molar refractivity (Wildman–Crippen MR) is 78.5 cm³/mol. The summed E-state index contributed by atoms with van der Waals surface area (Å²) in [4.78, 5) is 39.3. The zero-order valence-corrected chi connectivity index (χ0v) is 12.8. The van der Waals surface area contributed by atoms with Crippen molar-refractivity contribution in [1.29, 1.82) is 0 Å². The number of hydrogen-bond donors (Lipinski definition) is 0. The number of carbonyl (C=O) groups is 3. The Morgan fingerprint density at radius 1 is 1.09 bits per heavy atom. The van der Waals surface area contributed by atoms with Crippen LogP contribution < -0.4 is 0 Å². The van der Waals surface area contributed by atoms with Gasteiger partial charge in [-0.3, -0.25) is 14.5 Å². The number of carbonyl (C=O) groups excluding carboxylic acids is 3. The highest BCUT2D eigenvalue weighted by atomic mass is 16.6. The van der Waals surface area contributed by atoms with Gasteiger partial charge >= 0.3 is 6.09 Å². The molecule has 0 atom stereocenters. The Hall–Kier alpha value is -2.37. The average Bonchev–Trinajstić information content (AvgIpc) is 2.61. The molecule has 6 nitrogen and oxygen atoms in total. The van der Waals surface area contributed by atoms with Gasteiger partial charge in [0.05, 0.1) is 17.2 Å². The Labute approximate surface area is 128 Å². The van der Waals surface area contributed by atoms with Crippen LogP contribution in [0, 0.1) is 0 Å². The van der Waals surface area contributed by atoms with Crippen LogP contribution in [0.3, 0.4) is 0 Å². The van der Waals surface area contributed by atoms with E-state index in [4.69, 9.17) is 4.74 Å². The number of amides is 3. The molecule has 116 valence electrons. The topological polar surface area (TPSA) is 66.9 Å². The molecule has 2 heterocycles. The number of ether oxygens (including phenoxy) is 1. The second kappa shape index (κ2) is 4.83. The minimum Gasteiger partial charge on any atom is -0.444 e. The largest absolute Gasteiger partial charge is 0.444 e. The maximum absolute atomic E-state index is 12.3. The molecule has 0 spiro atoms. The maximum Gasteiger partial charge on any atom is 0.410 e. The first-order valence-electron chi connectivity index (χ1n) is 7.23. The molecule has 0 bridgehead atoms. The molecule has 0 aromatic heterocycles. The molecule has 0 saturated carbocycles. The van der Waals surface area contributed by atoms with E-state index in [1.165, 1.54) is 9.80 Å². The van der Waals surface area contributed by atoms with Crippen molar-refractivity contribution >= 4 is 17.9 Å². The Morgan fingerprint density at radius 3 is 2.05 bits per heavy atom. The summed E-state index contributed by atoms with van der Waals surface area (Å²) in [5, 5.41) is 0. The summed E-state index contributed by atoms with van der Waals surface area (Å²) in [6.07, 6.45) is -0.416. The van der Waals surface area contributed by atoms with Gasteiger partial charge in [0.25, 0.3) is 11.8 Å². The van der Waals surface area contributed by atoms with Crippen molar-refractivity contribution in [2.75, 3.05) is 13.1 Å². The van der Waals surface area contributed by atoms with Gasteiger partial charge in [-0.15, -0.1) is 0 Å². The summed E-state index contributed by atoms with van der Waals surface area (Å²) in [5.74, 6) is -0.566. The first kappa shape index (κ1) is 14.6. The van der Waals surface area contributed by atoms with Crippen molar-refractivity contribution in [2.45, 2.75) is 32.4 Å². The second-order valence-corrected chi connectivity index (χ2v) is 6.57. The summed E-state index contributed by atoms with van der Waals surface area (Å²) >= 11 is 0. The molecule has 6 heteroatoms. The summed E-state index contributed by atoms with van der Waals surface area (Å²) in [6.45, 7) is 6.03. The Balaban J connectivity index is 1.66. The number of nitrogens with zero attached hydrogens (tertiary/aromatic N) is 2. The molecule has 0 radical (unpaired) electrons. The molecule has 1 aromatic rings. The van der Waals surface area contributed by atoms with E-state index in [-0.39, 0.29) is 17.9 Å². The van der Waals surface area contributed by atoms with Crippen LogP contribution in [-0.4, -0.2) is 52.4 Å². The minimum atomic E-state index is -0.558. The third-order valence-corrected chi connectivity index (χ3v) is 3.70. The zero-order valence-electron chi connectivity index (χ0n) is 12.8. The van der Waals surface area contributed by atoms with Crippen LogP contribution >= 0.6 is 0 Å². The Morgan fingerprint density at radius 2 is 1.59 bits per heavy atom. The van der Waals surface area contributed by atoms with Crippen molar-refractivity contribution < 1.29 is 19.1 Å². The van der Waals surface area contributed by atoms with Crippen LogP contribution in [-0.2, 0) is 4.74 Å². The highest BCUT2D eigenvalue weighted by molar-refractivity contribution is 6.21. The maximum atomic E-state index is 12.3. The van der Waals surface area contributed by atoms with E-state index >= 15 is 0 Å². The van der Waals surface area contributed by atoms with Crippen LogP contribution in [0.4, 0.5) is 4.79 Å². The van der Waals surface area contributed by atoms with E-state index < -0.39 is 11.7 Å². The smallest absolute Gasteiger partial charge is 0.410 e. The SMILES string of the molecule is CC(C)(C)OC(=O)N1CC(N2C(=O)c3ccccc3C2=O)C1. The summed E-state index contributed by atoms with van der Waals surface area (Å²) in [7, 11) is 0. The molecule has 2 aliphatic heterocycles. The number of hydrogen-bond acceptors (Lipinski definition) is 4. The molecule has 1 saturated heterocycles. The van der Waals surface area contributed by atoms with E-state index in [9.17, 15) is 14.4 Å². The van der Waals surface area contributed by atoms with Gasteiger partial charge in [0.2, 0.25) is 0 Å². The lowest BCUT2D eigenvalue weighted by atomic mass is 10.1. The van der Waals surface area contributed by atoms with Crippen LogP contribution in [0.25, 0.3) is 0 Å². The highest BCUT2D eigenvalue weighted by Gasteiger charge is 2.46. The minimum absolute atomic E-state index is 0.278. The zero-order chi connectivity index (χ0) is 16.1. The van der Waals surface area contributed by atoms with Crippen molar-refractivity contribution in [3.63, 3.8) is 0 Å². The lowest BCUT2D eigenvalue weighted by molar-refractivity contribution is -0.00969. The van der Waals surface area contributed by atoms with Gasteiger partial charge in [-0.1, -0.05) is 12.1 Å². The molecule has 3 rings (SSSR count). The third kappa shape index (κ3) is 2.34. The van der Waals surface area contributed by atoms with Crippen LogP contribution in [0.2, 0.25) is 0 Å². The molecule has 0 unspecified atom stereocenters. The van der Waals surface area contributed by atoms with Crippen LogP contribution in [0.15, 0.2) is 24.3 Å². The molecule has 0 N–H and O–H groups in total. The van der Waals surface area contributed by atoms with Gasteiger partial charge in [-0.25, -0.2) is 4.79 Å². The van der Waals surface area contributed by atoms with Crippen molar-refractivity contribution in [1.82, 2.24) is 9.80 Å². The quantitative estimate of drug-likeness (QED) is 0.743. The van der Waals surface area contributed by atoms with Gasteiger partial charge in [-0.2, -0.15) is 0 Å². The molecule has 0 aliphatic carbocycles. The first-order chi connectivity index (χ1) is 10.3. The number of fused-ring (bicyclic) bond motifs is 1. The fraction of sp³-hybridized carbons (Fsp3) is 0.438. The third-order valence-electron chi connectivity index (χ3n) is 3.70. The van der Waals surface area contributed by atoms with E-state index in [0.717, 1.165) is 0 Å². The number of rotatable bonds is 1. The van der Waals surface area contributed by atoms with Crippen LogP contribution in [0.1, 0.15) is 41.5 Å². The van der Waals surface area contributed by atoms with Crippen molar-refractivity contribution in [3.8, 4) is 0 Å². The highest BCUT2D eigenvalue weighted by Crippen LogP contribution is 2.28. The molecular weight excluding hydrogens is 284 g/mol. The summed E-state index contributed by atoms with van der Waals surface area (Å²) < 4.78 is 5.27. The van der Waals surface area contributed by atoms with Gasteiger partial charge < -0.3 is 9.64 Å². The Kier molecular flexibility index (Phi) is 3.20. The first-order valence-corrected chi connectivity index (χ1v) is 7.23. The molecule has 2 aliphatic rings. The van der Waals surface area contributed by atoms with E-state index in [1.807, 2.05) is 0 Å². The standard InChI is InChI=1S/C16H18N2O4/c1-16(2,3)22-15(21)17-8-10(9-17)18-13(19)11-6-4-5-7-12(11)14(18)20/h4-7,10H,8-9H2,1-3H3. The fourth-order valence-corrected chi connectivity index (χ4v) is 2.63. The number of likely N-dealkylation sites (tertiary alicyclic amines) is 1. The van der Waals surface area contributed by atoms with Crippen molar-refractivity contribution in [2.24, 2.45) is 0 Å². The lowest BCUT2D eigenvalue weighted by Crippen LogP contribution is -2.62. The molecule has 1 aromatic carbocycles. The summed E-state index contributed by atoms with van der Waals surface area (Å²) in [6, 6.07) is 6.50. The number of benzene rings is 1. The molecule has 22 heavy (non-hydrogen) atoms. The molecule has 3 amide bonds. The van der Waals surface area contributed by atoms with Crippen molar-refractivity contribution in [3.05, 3.63) is 35.4 Å². The average molecular weight is 302 g/mol. The molecule has 1 fully saturated rings. The van der Waals surface area contributed by atoms with Gasteiger partial charge in [0.15, 0.2) is 0 Å². The van der Waals surface area contributed by atoms with E-state index in [2.05, 4.69) is 0 Å². The van der Waals surface area contributed by atoms with Gasteiger partial charge in [0, 0.05) is 13.1 Å². The number of imide groups is 1. The van der Waals surface area contributed by atoms with E-state index in [1.54, 1.807) is 45.0 Å². The monoisotopic (exact) mass is 302 g/mol. The predicted octanol–water partition coefficient (Wildman–Crippen LogP) is 1.90. The van der Waals surface area contributed by atoms with E-state index in [0.29, 0.717) is 24.2 Å².